The van der Waals surface area contributed by atoms with Gasteiger partial charge in [0.15, 0.2) is 0 Å². The van der Waals surface area contributed by atoms with Crippen molar-refractivity contribution in [1.82, 2.24) is 9.97 Å². The van der Waals surface area contributed by atoms with Gasteiger partial charge in [0.05, 0.1) is 0 Å². The zero-order chi connectivity index (χ0) is 9.97. The summed E-state index contributed by atoms with van der Waals surface area (Å²) in [5.74, 6) is 0.390. The van der Waals surface area contributed by atoms with Gasteiger partial charge in [-0.25, -0.2) is 9.37 Å². The van der Waals surface area contributed by atoms with E-state index in [1.807, 2.05) is 0 Å². The molecule has 0 atom stereocenters. The predicted molar refractivity (Wildman–Crippen MR) is 54.8 cm³/mol. The van der Waals surface area contributed by atoms with Crippen LogP contribution < -0.4 is 0 Å². The van der Waals surface area contributed by atoms with Gasteiger partial charge in [0.25, 0.3) is 0 Å². The number of benzene rings is 1. The van der Waals surface area contributed by atoms with Gasteiger partial charge in [0, 0.05) is 11.8 Å². The van der Waals surface area contributed by atoms with Crippen molar-refractivity contribution in [2.45, 2.75) is 0 Å². The minimum Gasteiger partial charge on any atom is -0.331 e. The van der Waals surface area contributed by atoms with Gasteiger partial charge in [-0.3, -0.25) is 0 Å². The van der Waals surface area contributed by atoms with Crippen molar-refractivity contribution in [3.8, 4) is 11.4 Å². The summed E-state index contributed by atoms with van der Waals surface area (Å²) in [7, 11) is 0. The molecule has 0 radical (unpaired) electrons. The second-order valence-corrected chi connectivity index (χ2v) is 3.23. The van der Waals surface area contributed by atoms with E-state index < -0.39 is 0 Å². The summed E-state index contributed by atoms with van der Waals surface area (Å²) in [6, 6.07) is 7.79. The first-order chi connectivity index (χ1) is 6.75. The van der Waals surface area contributed by atoms with Crippen LogP contribution in [0.15, 0.2) is 36.5 Å². The first-order valence-corrected chi connectivity index (χ1v) is 4.48. The lowest BCUT2D eigenvalue weighted by molar-refractivity contribution is 0.628. The number of H-pyrrole nitrogens is 1. The van der Waals surface area contributed by atoms with E-state index >= 15 is 0 Å². The fourth-order valence-electron chi connectivity index (χ4n) is 1.12. The summed E-state index contributed by atoms with van der Waals surface area (Å²) < 4.78 is 13.2. The summed E-state index contributed by atoms with van der Waals surface area (Å²) in [5.41, 5.74) is 0.818. The molecule has 1 N–H and O–H groups in total. The Morgan fingerprint density at radius 1 is 1.14 bits per heavy atom. The normalized spacial score (nSPS) is 10.1. The molecule has 0 aliphatic carbocycles. The van der Waals surface area contributed by atoms with Crippen LogP contribution in [0, 0.1) is 10.5 Å². The summed E-state index contributed by atoms with van der Waals surface area (Å²) >= 11 is 4.96. The number of aromatic amines is 1. The minimum atomic E-state index is -0.261. The Bertz CT molecular complexity index is 490. The van der Waals surface area contributed by atoms with Crippen LogP contribution in [-0.4, -0.2) is 9.97 Å². The maximum atomic E-state index is 12.6. The van der Waals surface area contributed by atoms with Crippen molar-refractivity contribution in [3.05, 3.63) is 47.0 Å². The van der Waals surface area contributed by atoms with Crippen LogP contribution in [-0.2, 0) is 0 Å². The van der Waals surface area contributed by atoms with Crippen molar-refractivity contribution in [2.24, 2.45) is 0 Å². The van der Waals surface area contributed by atoms with Crippen molar-refractivity contribution in [3.63, 3.8) is 0 Å². The molecule has 0 bridgehead atoms. The maximum Gasteiger partial charge on any atom is 0.138 e. The quantitative estimate of drug-likeness (QED) is 0.727. The first-order valence-electron chi connectivity index (χ1n) is 4.07. The van der Waals surface area contributed by atoms with Gasteiger partial charge in [-0.05, 0) is 30.3 Å². The lowest BCUT2D eigenvalue weighted by atomic mass is 10.2. The molecule has 14 heavy (non-hydrogen) atoms. The second kappa shape index (κ2) is 3.67. The molecule has 2 aromatic rings. The number of halogens is 1. The van der Waals surface area contributed by atoms with Crippen LogP contribution in [0.25, 0.3) is 11.4 Å². The third kappa shape index (κ3) is 1.85. The summed E-state index contributed by atoms with van der Waals surface area (Å²) in [4.78, 5) is 7.02. The number of hydrogen-bond donors (Lipinski definition) is 1. The number of nitrogens with zero attached hydrogens (tertiary/aromatic N) is 1. The van der Waals surface area contributed by atoms with Crippen molar-refractivity contribution in [1.29, 1.82) is 0 Å². The highest BCUT2D eigenvalue weighted by Crippen LogP contribution is 2.13. The fraction of sp³-hybridized carbons (Fsp3) is 0. The van der Waals surface area contributed by atoms with Crippen LogP contribution in [0.3, 0.4) is 0 Å². The van der Waals surface area contributed by atoms with E-state index in [-0.39, 0.29) is 5.82 Å². The zero-order valence-corrected chi connectivity index (χ0v) is 8.01. The summed E-state index contributed by atoms with van der Waals surface area (Å²) in [6.45, 7) is 0. The number of nitrogens with one attached hydrogen (secondary N) is 1. The fourth-order valence-corrected chi connectivity index (χ4v) is 1.28. The smallest absolute Gasteiger partial charge is 0.138 e. The summed E-state index contributed by atoms with van der Waals surface area (Å²) in [6.07, 6.45) is 1.62. The zero-order valence-electron chi connectivity index (χ0n) is 7.20. The van der Waals surface area contributed by atoms with Crippen LogP contribution >= 0.6 is 12.2 Å². The highest BCUT2D eigenvalue weighted by atomic mass is 32.1. The lowest BCUT2D eigenvalue weighted by Gasteiger charge is -1.99. The molecule has 0 fully saturated rings. The molecule has 0 saturated heterocycles. The van der Waals surface area contributed by atoms with E-state index in [4.69, 9.17) is 12.2 Å². The molecule has 70 valence electrons. The van der Waals surface area contributed by atoms with Gasteiger partial charge in [0.1, 0.15) is 16.3 Å². The molecule has 1 aromatic carbocycles. The molecule has 0 aliphatic heterocycles. The van der Waals surface area contributed by atoms with Gasteiger partial charge in [-0.15, -0.1) is 0 Å². The molecule has 0 aliphatic rings. The average molecular weight is 206 g/mol. The Morgan fingerprint density at radius 2 is 1.86 bits per heavy atom. The molecule has 2 rings (SSSR count). The predicted octanol–water partition coefficient (Wildman–Crippen LogP) is 2.95. The van der Waals surface area contributed by atoms with Gasteiger partial charge >= 0.3 is 0 Å². The lowest BCUT2D eigenvalue weighted by Crippen LogP contribution is -1.87. The largest absolute Gasteiger partial charge is 0.331 e. The first kappa shape index (κ1) is 9.02. The molecule has 0 saturated carbocycles. The van der Waals surface area contributed by atoms with E-state index in [9.17, 15) is 4.39 Å². The molecule has 0 unspecified atom stereocenters. The van der Waals surface area contributed by atoms with E-state index in [0.717, 1.165) is 5.56 Å². The van der Waals surface area contributed by atoms with Crippen molar-refractivity contribution < 1.29 is 4.39 Å². The monoisotopic (exact) mass is 206 g/mol. The molecular weight excluding hydrogens is 199 g/mol. The topological polar surface area (TPSA) is 28.7 Å². The highest BCUT2D eigenvalue weighted by molar-refractivity contribution is 7.71. The number of hydrogen-bond acceptors (Lipinski definition) is 2. The number of aromatic nitrogens is 2. The Balaban J connectivity index is 2.50. The highest BCUT2D eigenvalue weighted by Gasteiger charge is 1.98. The van der Waals surface area contributed by atoms with Gasteiger partial charge in [-0.1, -0.05) is 12.2 Å². The second-order valence-electron chi connectivity index (χ2n) is 2.79. The third-order valence-electron chi connectivity index (χ3n) is 1.79. The van der Waals surface area contributed by atoms with Gasteiger partial charge < -0.3 is 4.98 Å². The van der Waals surface area contributed by atoms with Crippen LogP contribution in [0.1, 0.15) is 0 Å². The number of rotatable bonds is 1. The molecule has 4 heteroatoms. The maximum absolute atomic E-state index is 12.6. The van der Waals surface area contributed by atoms with E-state index in [1.165, 1.54) is 12.1 Å². The molecule has 0 spiro atoms. The molecule has 2 nitrogen and oxygen atoms in total. The van der Waals surface area contributed by atoms with Crippen molar-refractivity contribution >= 4 is 12.2 Å². The van der Waals surface area contributed by atoms with Crippen LogP contribution in [0.5, 0.6) is 0 Å². The Morgan fingerprint density at radius 3 is 2.50 bits per heavy atom. The SMILES string of the molecule is Fc1ccc(-c2nccc(=S)[nH]2)cc1. The molecule has 1 heterocycles. The standard InChI is InChI=1S/C10H7FN2S/c11-8-3-1-7(2-4-8)10-12-6-5-9(14)13-10/h1-6H,(H,12,13,14). The molecule has 0 amide bonds. The van der Waals surface area contributed by atoms with Crippen LogP contribution in [0.4, 0.5) is 4.39 Å². The Kier molecular flexibility index (Phi) is 2.37. The minimum absolute atomic E-state index is 0.261. The van der Waals surface area contributed by atoms with E-state index in [0.29, 0.717) is 10.5 Å². The average Bonchev–Trinajstić information content (AvgIpc) is 2.19. The van der Waals surface area contributed by atoms with E-state index in [2.05, 4.69) is 9.97 Å². The third-order valence-corrected chi connectivity index (χ3v) is 2.03. The van der Waals surface area contributed by atoms with Gasteiger partial charge in [-0.2, -0.15) is 0 Å². The van der Waals surface area contributed by atoms with Crippen molar-refractivity contribution in [2.75, 3.05) is 0 Å². The Labute approximate surface area is 85.5 Å². The summed E-state index contributed by atoms with van der Waals surface area (Å²) in [5, 5.41) is 0. The Hall–Kier alpha value is -1.55. The molecule has 1 aromatic heterocycles. The van der Waals surface area contributed by atoms with E-state index in [1.54, 1.807) is 24.4 Å². The van der Waals surface area contributed by atoms with Gasteiger partial charge in [0.2, 0.25) is 0 Å². The molecular formula is C10H7FN2S. The van der Waals surface area contributed by atoms with Crippen LogP contribution in [0.2, 0.25) is 0 Å².